The fourth-order valence-corrected chi connectivity index (χ4v) is 2.61. The summed E-state index contributed by atoms with van der Waals surface area (Å²) in [6.07, 6.45) is 2.49. The van der Waals surface area contributed by atoms with Crippen molar-refractivity contribution in [3.8, 4) is 17.1 Å². The van der Waals surface area contributed by atoms with E-state index in [0.717, 1.165) is 36.9 Å². The lowest BCUT2D eigenvalue weighted by Gasteiger charge is -2.28. The number of benzene rings is 1. The Labute approximate surface area is 124 Å². The van der Waals surface area contributed by atoms with Crippen LogP contribution in [0.5, 0.6) is 5.75 Å². The lowest BCUT2D eigenvalue weighted by molar-refractivity contribution is 0.165. The zero-order chi connectivity index (χ0) is 14.7. The van der Waals surface area contributed by atoms with E-state index in [2.05, 4.69) is 22.0 Å². The number of hydrogen-bond acceptors (Lipinski definition) is 5. The lowest BCUT2D eigenvalue weighted by atomic mass is 9.99. The van der Waals surface area contributed by atoms with Gasteiger partial charge in [-0.2, -0.15) is 4.98 Å². The third-order valence-corrected chi connectivity index (χ3v) is 4.03. The van der Waals surface area contributed by atoms with Gasteiger partial charge < -0.3 is 9.26 Å². The fraction of sp³-hybridized carbons (Fsp3) is 0.500. The number of aromatic nitrogens is 2. The summed E-state index contributed by atoms with van der Waals surface area (Å²) in [4.78, 5) is 6.87. The highest BCUT2D eigenvalue weighted by atomic mass is 16.5. The van der Waals surface area contributed by atoms with Gasteiger partial charge in [0.25, 0.3) is 0 Å². The van der Waals surface area contributed by atoms with Gasteiger partial charge >= 0.3 is 0 Å². The standard InChI is InChI=1S/C16H21N3O2/c1-12-6-8-19(9-7-12)11-15-17-16(18-21-15)13-4-3-5-14(10-13)20-2/h3-5,10,12H,6-9,11H2,1-2H3. The number of rotatable bonds is 4. The second kappa shape index (κ2) is 6.26. The molecule has 2 aromatic rings. The third kappa shape index (κ3) is 3.42. The molecule has 21 heavy (non-hydrogen) atoms. The molecular formula is C16H21N3O2. The van der Waals surface area contributed by atoms with Crippen molar-refractivity contribution in [3.05, 3.63) is 30.2 Å². The van der Waals surface area contributed by atoms with Gasteiger partial charge in [-0.25, -0.2) is 0 Å². The summed E-state index contributed by atoms with van der Waals surface area (Å²) in [6, 6.07) is 7.70. The van der Waals surface area contributed by atoms with Crippen LogP contribution in [0.25, 0.3) is 11.4 Å². The van der Waals surface area contributed by atoms with E-state index >= 15 is 0 Å². The van der Waals surface area contributed by atoms with Crippen molar-refractivity contribution >= 4 is 0 Å². The van der Waals surface area contributed by atoms with Crippen LogP contribution in [0.4, 0.5) is 0 Å². The van der Waals surface area contributed by atoms with Gasteiger partial charge in [-0.05, 0) is 44.0 Å². The summed E-state index contributed by atoms with van der Waals surface area (Å²) in [5, 5.41) is 4.07. The molecule has 0 saturated carbocycles. The Hall–Kier alpha value is -1.88. The van der Waals surface area contributed by atoms with Crippen LogP contribution >= 0.6 is 0 Å². The van der Waals surface area contributed by atoms with Gasteiger partial charge in [0.1, 0.15) is 5.75 Å². The Morgan fingerprint density at radius 2 is 2.14 bits per heavy atom. The monoisotopic (exact) mass is 287 g/mol. The minimum Gasteiger partial charge on any atom is -0.497 e. The molecule has 0 amide bonds. The number of nitrogens with zero attached hydrogens (tertiary/aromatic N) is 3. The number of piperidine rings is 1. The molecule has 0 spiro atoms. The van der Waals surface area contributed by atoms with Crippen molar-refractivity contribution in [2.24, 2.45) is 5.92 Å². The first-order valence-electron chi connectivity index (χ1n) is 7.44. The molecule has 1 aliphatic heterocycles. The molecule has 0 bridgehead atoms. The molecular weight excluding hydrogens is 266 g/mol. The summed E-state index contributed by atoms with van der Waals surface area (Å²) in [7, 11) is 1.65. The summed E-state index contributed by atoms with van der Waals surface area (Å²) in [5.74, 6) is 2.93. The van der Waals surface area contributed by atoms with Crippen LogP contribution in [-0.2, 0) is 6.54 Å². The van der Waals surface area contributed by atoms with Crippen molar-refractivity contribution in [2.45, 2.75) is 26.3 Å². The Balaban J connectivity index is 1.68. The van der Waals surface area contributed by atoms with Gasteiger partial charge in [-0.1, -0.05) is 24.2 Å². The maximum atomic E-state index is 5.38. The summed E-state index contributed by atoms with van der Waals surface area (Å²) in [6.45, 7) is 5.27. The van der Waals surface area contributed by atoms with E-state index in [9.17, 15) is 0 Å². The van der Waals surface area contributed by atoms with Crippen molar-refractivity contribution in [2.75, 3.05) is 20.2 Å². The molecule has 0 aliphatic carbocycles. The van der Waals surface area contributed by atoms with Crippen molar-refractivity contribution in [1.29, 1.82) is 0 Å². The molecule has 112 valence electrons. The Kier molecular flexibility index (Phi) is 4.20. The maximum absolute atomic E-state index is 5.38. The van der Waals surface area contributed by atoms with E-state index in [1.165, 1.54) is 12.8 Å². The van der Waals surface area contributed by atoms with Crippen molar-refractivity contribution < 1.29 is 9.26 Å². The minimum absolute atomic E-state index is 0.620. The van der Waals surface area contributed by atoms with Crippen molar-refractivity contribution in [1.82, 2.24) is 15.0 Å². The number of hydrogen-bond donors (Lipinski definition) is 0. The molecule has 1 aromatic carbocycles. The van der Waals surface area contributed by atoms with Gasteiger partial charge in [-0.3, -0.25) is 4.90 Å². The molecule has 1 fully saturated rings. The molecule has 0 unspecified atom stereocenters. The Morgan fingerprint density at radius 3 is 2.90 bits per heavy atom. The molecule has 1 aliphatic rings. The highest BCUT2D eigenvalue weighted by Crippen LogP contribution is 2.22. The Morgan fingerprint density at radius 1 is 1.33 bits per heavy atom. The third-order valence-electron chi connectivity index (χ3n) is 4.03. The van der Waals surface area contributed by atoms with Crippen LogP contribution < -0.4 is 4.74 Å². The van der Waals surface area contributed by atoms with Gasteiger partial charge in [0.05, 0.1) is 13.7 Å². The van der Waals surface area contributed by atoms with Gasteiger partial charge in [0.15, 0.2) is 0 Å². The normalized spacial score (nSPS) is 17.0. The first-order valence-corrected chi connectivity index (χ1v) is 7.44. The number of ether oxygens (including phenoxy) is 1. The van der Waals surface area contributed by atoms with Crippen LogP contribution in [0.2, 0.25) is 0 Å². The average Bonchev–Trinajstić information content (AvgIpc) is 2.98. The van der Waals surface area contributed by atoms with E-state index < -0.39 is 0 Å². The van der Waals surface area contributed by atoms with E-state index in [1.807, 2.05) is 24.3 Å². The number of likely N-dealkylation sites (tertiary alicyclic amines) is 1. The second-order valence-electron chi connectivity index (χ2n) is 5.70. The first kappa shape index (κ1) is 14.1. The number of methoxy groups -OCH3 is 1. The van der Waals surface area contributed by atoms with Crippen LogP contribution in [0.1, 0.15) is 25.7 Å². The van der Waals surface area contributed by atoms with Gasteiger partial charge in [-0.15, -0.1) is 0 Å². The molecule has 2 heterocycles. The molecule has 5 nitrogen and oxygen atoms in total. The van der Waals surface area contributed by atoms with E-state index in [1.54, 1.807) is 7.11 Å². The smallest absolute Gasteiger partial charge is 0.241 e. The maximum Gasteiger partial charge on any atom is 0.241 e. The molecule has 3 rings (SSSR count). The first-order chi connectivity index (χ1) is 10.2. The Bertz CT molecular complexity index is 589. The predicted molar refractivity (Wildman–Crippen MR) is 80.0 cm³/mol. The molecule has 1 saturated heterocycles. The summed E-state index contributed by atoms with van der Waals surface area (Å²) < 4.78 is 10.6. The zero-order valence-electron chi connectivity index (χ0n) is 12.6. The fourth-order valence-electron chi connectivity index (χ4n) is 2.61. The van der Waals surface area contributed by atoms with Gasteiger partial charge in [0.2, 0.25) is 11.7 Å². The van der Waals surface area contributed by atoms with Crippen LogP contribution in [0.3, 0.4) is 0 Å². The van der Waals surface area contributed by atoms with Crippen LogP contribution in [0, 0.1) is 5.92 Å². The van der Waals surface area contributed by atoms with E-state index in [-0.39, 0.29) is 0 Å². The van der Waals surface area contributed by atoms with Crippen LogP contribution in [0.15, 0.2) is 28.8 Å². The summed E-state index contributed by atoms with van der Waals surface area (Å²) >= 11 is 0. The molecule has 5 heteroatoms. The summed E-state index contributed by atoms with van der Waals surface area (Å²) in [5.41, 5.74) is 0.914. The quantitative estimate of drug-likeness (QED) is 0.865. The van der Waals surface area contributed by atoms with Crippen LogP contribution in [-0.4, -0.2) is 35.2 Å². The molecule has 0 atom stereocenters. The molecule has 0 N–H and O–H groups in total. The zero-order valence-corrected chi connectivity index (χ0v) is 12.6. The molecule has 0 radical (unpaired) electrons. The predicted octanol–water partition coefficient (Wildman–Crippen LogP) is 2.98. The van der Waals surface area contributed by atoms with E-state index in [4.69, 9.17) is 9.26 Å². The average molecular weight is 287 g/mol. The molecule has 1 aromatic heterocycles. The minimum atomic E-state index is 0.620. The largest absolute Gasteiger partial charge is 0.497 e. The second-order valence-corrected chi connectivity index (χ2v) is 5.70. The van der Waals surface area contributed by atoms with E-state index in [0.29, 0.717) is 11.7 Å². The van der Waals surface area contributed by atoms with Crippen molar-refractivity contribution in [3.63, 3.8) is 0 Å². The SMILES string of the molecule is COc1cccc(-c2noc(CN3CCC(C)CC3)n2)c1. The lowest BCUT2D eigenvalue weighted by Crippen LogP contribution is -2.32. The highest BCUT2D eigenvalue weighted by molar-refractivity contribution is 5.56. The highest BCUT2D eigenvalue weighted by Gasteiger charge is 2.18. The topological polar surface area (TPSA) is 51.4 Å². The van der Waals surface area contributed by atoms with Gasteiger partial charge in [0, 0.05) is 5.56 Å².